The Bertz CT molecular complexity index is 505. The third kappa shape index (κ3) is 3.37. The van der Waals surface area contributed by atoms with Crippen LogP contribution in [0, 0.1) is 12.8 Å². The van der Waals surface area contributed by atoms with Crippen LogP contribution in [-0.2, 0) is 0 Å². The van der Waals surface area contributed by atoms with Gasteiger partial charge in [0.25, 0.3) is 0 Å². The molecule has 104 valence electrons. The molecular weight excluding hydrogens is 304 g/mol. The highest BCUT2D eigenvalue weighted by atomic mass is 79.9. The first-order chi connectivity index (χ1) is 8.77. The van der Waals surface area contributed by atoms with E-state index < -0.39 is 5.60 Å². The van der Waals surface area contributed by atoms with Crippen molar-refractivity contribution in [2.45, 2.75) is 32.8 Å². The normalized spacial score (nSPS) is 22.3. The highest BCUT2D eigenvalue weighted by molar-refractivity contribution is 9.10. The van der Waals surface area contributed by atoms with Crippen molar-refractivity contribution >= 4 is 27.5 Å². The van der Waals surface area contributed by atoms with Crippen LogP contribution in [0.1, 0.15) is 25.8 Å². The molecule has 0 bridgehead atoms. The number of nitrogens with zero attached hydrogens (tertiary/aromatic N) is 2. The molecule has 1 heterocycles. The van der Waals surface area contributed by atoms with Gasteiger partial charge in [0.05, 0.1) is 11.3 Å². The van der Waals surface area contributed by atoms with Crippen LogP contribution in [0.2, 0.25) is 0 Å². The number of likely N-dealkylation sites (tertiary alicyclic amines) is 1. The van der Waals surface area contributed by atoms with E-state index in [0.29, 0.717) is 0 Å². The minimum absolute atomic E-state index is 0.240. The zero-order chi connectivity index (χ0) is 14.2. The average molecular weight is 325 g/mol. The van der Waals surface area contributed by atoms with E-state index in [9.17, 15) is 5.11 Å². The van der Waals surface area contributed by atoms with E-state index in [2.05, 4.69) is 33.8 Å². The molecule has 1 aromatic carbocycles. The van der Waals surface area contributed by atoms with E-state index in [1.165, 1.54) is 0 Å². The lowest BCUT2D eigenvalue weighted by atomic mass is 9.90. The molecule has 19 heavy (non-hydrogen) atoms. The lowest BCUT2D eigenvalue weighted by Crippen LogP contribution is -2.32. The summed E-state index contributed by atoms with van der Waals surface area (Å²) >= 11 is 3.48. The van der Waals surface area contributed by atoms with E-state index in [4.69, 9.17) is 4.99 Å². The van der Waals surface area contributed by atoms with Gasteiger partial charge in [-0.3, -0.25) is 0 Å². The second-order valence-corrected chi connectivity index (χ2v) is 6.81. The van der Waals surface area contributed by atoms with Gasteiger partial charge in [-0.05, 0) is 38.5 Å². The number of hydrogen-bond acceptors (Lipinski definition) is 2. The van der Waals surface area contributed by atoms with Crippen LogP contribution in [0.5, 0.6) is 0 Å². The lowest BCUT2D eigenvalue weighted by Gasteiger charge is -2.24. The molecule has 3 nitrogen and oxygen atoms in total. The van der Waals surface area contributed by atoms with Crippen molar-refractivity contribution in [3.8, 4) is 0 Å². The van der Waals surface area contributed by atoms with E-state index in [0.717, 1.165) is 34.5 Å². The van der Waals surface area contributed by atoms with Gasteiger partial charge in [0, 0.05) is 30.4 Å². The number of aryl methyl sites for hydroxylation is 1. The Morgan fingerprint density at radius 2 is 2.11 bits per heavy atom. The first-order valence-electron chi connectivity index (χ1n) is 6.54. The summed E-state index contributed by atoms with van der Waals surface area (Å²) in [5.74, 6) is 1.29. The molecule has 0 spiro atoms. The summed E-state index contributed by atoms with van der Waals surface area (Å²) < 4.78 is 1.04. The molecule has 0 aliphatic carbocycles. The molecule has 1 atom stereocenters. The topological polar surface area (TPSA) is 35.8 Å². The average Bonchev–Trinajstić information content (AvgIpc) is 2.65. The van der Waals surface area contributed by atoms with Gasteiger partial charge in [-0.25, -0.2) is 4.99 Å². The number of benzene rings is 1. The third-order valence-corrected chi connectivity index (χ3v) is 4.28. The number of halogens is 1. The van der Waals surface area contributed by atoms with Crippen LogP contribution in [0.25, 0.3) is 0 Å². The molecule has 1 aliphatic heterocycles. The lowest BCUT2D eigenvalue weighted by molar-refractivity contribution is 0.0222. The fourth-order valence-electron chi connectivity index (χ4n) is 2.32. The molecule has 0 aromatic heterocycles. The summed E-state index contributed by atoms with van der Waals surface area (Å²) in [5.41, 5.74) is 1.50. The molecule has 0 saturated carbocycles. The van der Waals surface area contributed by atoms with Crippen molar-refractivity contribution in [1.29, 1.82) is 0 Å². The standard InChI is InChI=1S/C15H21BrN2O/c1-10-5-6-12(16)8-13(10)17-14-7-11(9-18(14)4)15(2,3)19/h5-6,8,11,19H,7,9H2,1-4H3. The summed E-state index contributed by atoms with van der Waals surface area (Å²) in [6.45, 7) is 6.67. The largest absolute Gasteiger partial charge is 0.390 e. The van der Waals surface area contributed by atoms with E-state index in [1.807, 2.05) is 33.0 Å². The number of aliphatic hydroxyl groups is 1. The van der Waals surface area contributed by atoms with Crippen LogP contribution in [0.15, 0.2) is 27.7 Å². The van der Waals surface area contributed by atoms with Crippen molar-refractivity contribution in [1.82, 2.24) is 4.90 Å². The first kappa shape index (κ1) is 14.5. The SMILES string of the molecule is Cc1ccc(Br)cc1N=C1CC(C(C)(C)O)CN1C. The van der Waals surface area contributed by atoms with Gasteiger partial charge in [-0.1, -0.05) is 22.0 Å². The highest BCUT2D eigenvalue weighted by Gasteiger charge is 2.35. The number of hydrogen-bond donors (Lipinski definition) is 1. The summed E-state index contributed by atoms with van der Waals surface area (Å²) in [5, 5.41) is 10.1. The molecule has 1 aliphatic rings. The second kappa shape index (κ2) is 5.25. The molecule has 1 saturated heterocycles. The van der Waals surface area contributed by atoms with Crippen molar-refractivity contribution in [2.75, 3.05) is 13.6 Å². The summed E-state index contributed by atoms with van der Waals surface area (Å²) in [4.78, 5) is 6.91. The van der Waals surface area contributed by atoms with Crippen LogP contribution in [-0.4, -0.2) is 35.0 Å². The minimum Gasteiger partial charge on any atom is -0.390 e. The van der Waals surface area contributed by atoms with Gasteiger partial charge in [0.1, 0.15) is 5.84 Å². The Balaban J connectivity index is 2.27. The Morgan fingerprint density at radius 3 is 2.68 bits per heavy atom. The predicted molar refractivity (Wildman–Crippen MR) is 83.0 cm³/mol. The molecule has 0 amide bonds. The Hall–Kier alpha value is -0.870. The van der Waals surface area contributed by atoms with Gasteiger partial charge in [-0.2, -0.15) is 0 Å². The molecular formula is C15H21BrN2O. The predicted octanol–water partition coefficient (Wildman–Crippen LogP) is 3.51. The Labute approximate surface area is 123 Å². The number of aliphatic imine (C=N–C) groups is 1. The quantitative estimate of drug-likeness (QED) is 0.903. The van der Waals surface area contributed by atoms with Crippen molar-refractivity contribution in [3.63, 3.8) is 0 Å². The molecule has 1 fully saturated rings. The summed E-state index contributed by atoms with van der Waals surface area (Å²) in [6.07, 6.45) is 0.825. The molecule has 1 N–H and O–H groups in total. The van der Waals surface area contributed by atoms with Gasteiger partial charge in [0.2, 0.25) is 0 Å². The first-order valence-corrected chi connectivity index (χ1v) is 7.34. The fourth-order valence-corrected chi connectivity index (χ4v) is 2.67. The zero-order valence-corrected chi connectivity index (χ0v) is 13.5. The Morgan fingerprint density at radius 1 is 1.42 bits per heavy atom. The Kier molecular flexibility index (Phi) is 4.02. The maximum absolute atomic E-state index is 10.1. The maximum atomic E-state index is 10.1. The van der Waals surface area contributed by atoms with Crippen LogP contribution < -0.4 is 0 Å². The molecule has 0 radical (unpaired) electrons. The van der Waals surface area contributed by atoms with Gasteiger partial charge >= 0.3 is 0 Å². The fraction of sp³-hybridized carbons (Fsp3) is 0.533. The van der Waals surface area contributed by atoms with Gasteiger partial charge < -0.3 is 10.0 Å². The summed E-state index contributed by atoms with van der Waals surface area (Å²) in [6, 6.07) is 6.12. The monoisotopic (exact) mass is 324 g/mol. The molecule has 1 unspecified atom stereocenters. The van der Waals surface area contributed by atoms with Crippen molar-refractivity contribution < 1.29 is 5.11 Å². The maximum Gasteiger partial charge on any atom is 0.105 e. The van der Waals surface area contributed by atoms with Gasteiger partial charge in [0.15, 0.2) is 0 Å². The van der Waals surface area contributed by atoms with Crippen molar-refractivity contribution in [3.05, 3.63) is 28.2 Å². The second-order valence-electron chi connectivity index (χ2n) is 5.89. The summed E-state index contributed by atoms with van der Waals surface area (Å²) in [7, 11) is 2.04. The van der Waals surface area contributed by atoms with Gasteiger partial charge in [-0.15, -0.1) is 0 Å². The smallest absolute Gasteiger partial charge is 0.105 e. The minimum atomic E-state index is -0.655. The van der Waals surface area contributed by atoms with E-state index >= 15 is 0 Å². The highest BCUT2D eigenvalue weighted by Crippen LogP contribution is 2.30. The van der Waals surface area contributed by atoms with Crippen molar-refractivity contribution in [2.24, 2.45) is 10.9 Å². The third-order valence-electron chi connectivity index (χ3n) is 3.78. The van der Waals surface area contributed by atoms with E-state index in [-0.39, 0.29) is 5.92 Å². The number of amidine groups is 1. The zero-order valence-electron chi connectivity index (χ0n) is 11.9. The molecule has 2 rings (SSSR count). The molecule has 4 heteroatoms. The number of rotatable bonds is 2. The van der Waals surface area contributed by atoms with Crippen LogP contribution in [0.3, 0.4) is 0 Å². The van der Waals surface area contributed by atoms with E-state index in [1.54, 1.807) is 0 Å². The van der Waals surface area contributed by atoms with Crippen LogP contribution in [0.4, 0.5) is 5.69 Å². The molecule has 1 aromatic rings. The van der Waals surface area contributed by atoms with Crippen LogP contribution >= 0.6 is 15.9 Å².